The summed E-state index contributed by atoms with van der Waals surface area (Å²) in [6.07, 6.45) is 3.29. The molecule has 1 unspecified atom stereocenters. The molecule has 1 heterocycles. The SMILES string of the molecule is CCCC(CN=C(NCC)NC1CCN(CC(=O)NC)CC1)NC(=O)OC(C)(C)C. The van der Waals surface area contributed by atoms with Gasteiger partial charge in [0, 0.05) is 32.7 Å². The average molecular weight is 427 g/mol. The Morgan fingerprint density at radius 2 is 1.87 bits per heavy atom. The fourth-order valence-electron chi connectivity index (χ4n) is 3.26. The second-order valence-corrected chi connectivity index (χ2v) is 8.72. The van der Waals surface area contributed by atoms with Gasteiger partial charge in [-0.2, -0.15) is 0 Å². The van der Waals surface area contributed by atoms with Crippen LogP contribution >= 0.6 is 0 Å². The first-order chi connectivity index (χ1) is 14.2. The van der Waals surface area contributed by atoms with Gasteiger partial charge in [0.25, 0.3) is 0 Å². The van der Waals surface area contributed by atoms with Gasteiger partial charge < -0.3 is 26.0 Å². The summed E-state index contributed by atoms with van der Waals surface area (Å²) in [5, 5.41) is 12.4. The normalized spacial score (nSPS) is 17.2. The monoisotopic (exact) mass is 426 g/mol. The van der Waals surface area contributed by atoms with Crippen LogP contribution in [0.4, 0.5) is 4.79 Å². The van der Waals surface area contributed by atoms with E-state index in [0.717, 1.165) is 51.3 Å². The Hall–Kier alpha value is -2.03. The van der Waals surface area contributed by atoms with E-state index in [1.165, 1.54) is 0 Å². The minimum atomic E-state index is -0.521. The van der Waals surface area contributed by atoms with Crippen molar-refractivity contribution in [2.45, 2.75) is 78.0 Å². The Labute approximate surface area is 181 Å². The minimum absolute atomic E-state index is 0.0516. The summed E-state index contributed by atoms with van der Waals surface area (Å²) in [7, 11) is 1.67. The fraction of sp³-hybridized carbons (Fsp3) is 0.857. The number of guanidine groups is 1. The maximum absolute atomic E-state index is 12.1. The lowest BCUT2D eigenvalue weighted by atomic mass is 10.1. The van der Waals surface area contributed by atoms with Gasteiger partial charge in [0.1, 0.15) is 5.60 Å². The van der Waals surface area contributed by atoms with E-state index in [4.69, 9.17) is 9.73 Å². The molecule has 9 heteroatoms. The molecule has 0 aromatic heterocycles. The van der Waals surface area contributed by atoms with Crippen LogP contribution in [0.3, 0.4) is 0 Å². The van der Waals surface area contributed by atoms with Crippen molar-refractivity contribution in [1.29, 1.82) is 0 Å². The second-order valence-electron chi connectivity index (χ2n) is 8.72. The molecule has 0 aromatic carbocycles. The molecule has 0 aliphatic carbocycles. The molecule has 1 rings (SSSR count). The summed E-state index contributed by atoms with van der Waals surface area (Å²) in [5.41, 5.74) is -0.521. The van der Waals surface area contributed by atoms with Gasteiger partial charge in [0.05, 0.1) is 19.1 Å². The van der Waals surface area contributed by atoms with Crippen LogP contribution in [-0.2, 0) is 9.53 Å². The van der Waals surface area contributed by atoms with Crippen molar-refractivity contribution < 1.29 is 14.3 Å². The summed E-state index contributed by atoms with van der Waals surface area (Å²) >= 11 is 0. The zero-order valence-corrected chi connectivity index (χ0v) is 19.6. The summed E-state index contributed by atoms with van der Waals surface area (Å²) in [6, 6.07) is 0.238. The van der Waals surface area contributed by atoms with Gasteiger partial charge in [-0.1, -0.05) is 13.3 Å². The van der Waals surface area contributed by atoms with Gasteiger partial charge >= 0.3 is 6.09 Å². The van der Waals surface area contributed by atoms with Crippen molar-refractivity contribution >= 4 is 18.0 Å². The summed E-state index contributed by atoms with van der Waals surface area (Å²) in [5.74, 6) is 0.810. The van der Waals surface area contributed by atoms with Gasteiger partial charge in [-0.15, -0.1) is 0 Å². The van der Waals surface area contributed by atoms with Gasteiger partial charge in [0.15, 0.2) is 5.96 Å². The van der Waals surface area contributed by atoms with E-state index < -0.39 is 11.7 Å². The molecule has 1 saturated heterocycles. The lowest BCUT2D eigenvalue weighted by Crippen LogP contribution is -2.50. The molecule has 30 heavy (non-hydrogen) atoms. The molecule has 0 aromatic rings. The van der Waals surface area contributed by atoms with Gasteiger partial charge in [-0.3, -0.25) is 14.7 Å². The van der Waals surface area contributed by atoms with Gasteiger partial charge in [-0.05, 0) is 47.0 Å². The summed E-state index contributed by atoms with van der Waals surface area (Å²) in [4.78, 5) is 30.5. The smallest absolute Gasteiger partial charge is 0.407 e. The molecule has 1 aliphatic rings. The zero-order chi connectivity index (χ0) is 22.6. The van der Waals surface area contributed by atoms with E-state index in [9.17, 15) is 9.59 Å². The number of nitrogens with zero attached hydrogens (tertiary/aromatic N) is 2. The van der Waals surface area contributed by atoms with Gasteiger partial charge in [0.2, 0.25) is 5.91 Å². The lowest BCUT2D eigenvalue weighted by molar-refractivity contribution is -0.122. The highest BCUT2D eigenvalue weighted by atomic mass is 16.6. The first kappa shape index (κ1) is 26.0. The predicted octanol–water partition coefficient (Wildman–Crippen LogP) is 1.45. The van der Waals surface area contributed by atoms with E-state index >= 15 is 0 Å². The number of nitrogens with one attached hydrogen (secondary N) is 4. The van der Waals surface area contributed by atoms with Crippen LogP contribution in [0, 0.1) is 0 Å². The van der Waals surface area contributed by atoms with E-state index in [1.54, 1.807) is 7.05 Å². The number of alkyl carbamates (subject to hydrolysis) is 1. The van der Waals surface area contributed by atoms with Gasteiger partial charge in [-0.25, -0.2) is 4.79 Å². The number of ether oxygens (including phenoxy) is 1. The molecule has 1 atom stereocenters. The number of carbonyl (C=O) groups excluding carboxylic acids is 2. The van der Waals surface area contributed by atoms with Crippen molar-refractivity contribution in [2.24, 2.45) is 4.99 Å². The maximum Gasteiger partial charge on any atom is 0.407 e. The van der Waals surface area contributed by atoms with E-state index in [-0.39, 0.29) is 11.9 Å². The maximum atomic E-state index is 12.1. The standard InChI is InChI=1S/C21H42N6O3/c1-7-9-17(26-20(29)30-21(3,4)5)14-24-19(23-8-2)25-16-10-12-27(13-11-16)15-18(28)22-6/h16-17H,7-15H2,1-6H3,(H,22,28)(H,26,29)(H2,23,24,25). The van der Waals surface area contributed by atoms with Crippen LogP contribution in [0.15, 0.2) is 4.99 Å². The number of hydrogen-bond donors (Lipinski definition) is 4. The van der Waals surface area contributed by atoms with Crippen LogP contribution in [0.1, 0.15) is 60.3 Å². The number of hydrogen-bond acceptors (Lipinski definition) is 5. The Morgan fingerprint density at radius 1 is 1.20 bits per heavy atom. The van der Waals surface area contributed by atoms with Crippen LogP contribution in [-0.4, -0.2) is 80.3 Å². The third kappa shape index (κ3) is 11.2. The molecule has 1 aliphatic heterocycles. The second kappa shape index (κ2) is 13.3. The van der Waals surface area contributed by atoms with Crippen LogP contribution in [0.5, 0.6) is 0 Å². The van der Waals surface area contributed by atoms with E-state index in [1.807, 2.05) is 27.7 Å². The molecular weight excluding hydrogens is 384 g/mol. The highest BCUT2D eigenvalue weighted by molar-refractivity contribution is 5.80. The van der Waals surface area contributed by atoms with E-state index in [0.29, 0.717) is 19.1 Å². The minimum Gasteiger partial charge on any atom is -0.444 e. The molecule has 0 spiro atoms. The third-order valence-corrected chi connectivity index (χ3v) is 4.75. The molecule has 174 valence electrons. The molecular formula is C21H42N6O3. The Morgan fingerprint density at radius 3 is 2.40 bits per heavy atom. The van der Waals surface area contributed by atoms with Crippen LogP contribution in [0.2, 0.25) is 0 Å². The number of piperidine rings is 1. The molecule has 4 N–H and O–H groups in total. The molecule has 2 amide bonds. The molecule has 0 bridgehead atoms. The molecule has 1 fully saturated rings. The molecule has 9 nitrogen and oxygen atoms in total. The highest BCUT2D eigenvalue weighted by Gasteiger charge is 2.22. The zero-order valence-electron chi connectivity index (χ0n) is 19.6. The number of rotatable bonds is 9. The van der Waals surface area contributed by atoms with E-state index in [2.05, 4.69) is 33.1 Å². The number of amides is 2. The Bertz CT molecular complexity index is 553. The highest BCUT2D eigenvalue weighted by Crippen LogP contribution is 2.10. The number of aliphatic imine (C=N–C) groups is 1. The van der Waals surface area contributed by atoms with Crippen LogP contribution < -0.4 is 21.3 Å². The van der Waals surface area contributed by atoms with Crippen LogP contribution in [0.25, 0.3) is 0 Å². The van der Waals surface area contributed by atoms with Crippen molar-refractivity contribution in [3.05, 3.63) is 0 Å². The summed E-state index contributed by atoms with van der Waals surface area (Å²) < 4.78 is 5.37. The number of carbonyl (C=O) groups is 2. The predicted molar refractivity (Wildman–Crippen MR) is 121 cm³/mol. The Balaban J connectivity index is 2.58. The summed E-state index contributed by atoms with van der Waals surface area (Å²) in [6.45, 7) is 13.1. The molecule has 0 saturated carbocycles. The van der Waals surface area contributed by atoms with Crippen molar-refractivity contribution in [3.8, 4) is 0 Å². The Kier molecular flexibility index (Phi) is 11.5. The topological polar surface area (TPSA) is 107 Å². The number of likely N-dealkylation sites (tertiary alicyclic amines) is 1. The third-order valence-electron chi connectivity index (χ3n) is 4.75. The van der Waals surface area contributed by atoms with Crippen molar-refractivity contribution in [2.75, 3.05) is 39.8 Å². The first-order valence-corrected chi connectivity index (χ1v) is 11.1. The number of likely N-dealkylation sites (N-methyl/N-ethyl adjacent to an activating group) is 1. The lowest BCUT2D eigenvalue weighted by Gasteiger charge is -2.32. The van der Waals surface area contributed by atoms with Crippen molar-refractivity contribution in [3.63, 3.8) is 0 Å². The first-order valence-electron chi connectivity index (χ1n) is 11.1. The largest absolute Gasteiger partial charge is 0.444 e. The quantitative estimate of drug-likeness (QED) is 0.328. The average Bonchev–Trinajstić information content (AvgIpc) is 2.66. The van der Waals surface area contributed by atoms with Crippen molar-refractivity contribution in [1.82, 2.24) is 26.2 Å². The molecule has 0 radical (unpaired) electrons. The fourth-order valence-corrected chi connectivity index (χ4v) is 3.26.